The third-order valence-electron chi connectivity index (χ3n) is 3.73. The zero-order valence-corrected chi connectivity index (χ0v) is 12.8. The topological polar surface area (TPSA) is 29.3 Å². The maximum absolute atomic E-state index is 6.17. The summed E-state index contributed by atoms with van der Waals surface area (Å²) in [6, 6.07) is 8.73. The van der Waals surface area contributed by atoms with Crippen LogP contribution in [-0.4, -0.2) is 24.0 Å². The molecule has 2 N–H and O–H groups in total. The quantitative estimate of drug-likeness (QED) is 0.882. The molecule has 0 amide bonds. The molecule has 0 bridgehead atoms. The van der Waals surface area contributed by atoms with Gasteiger partial charge in [0.1, 0.15) is 0 Å². The van der Waals surface area contributed by atoms with Gasteiger partial charge >= 0.3 is 0 Å². The van der Waals surface area contributed by atoms with Crippen molar-refractivity contribution in [3.8, 4) is 0 Å². The third-order valence-corrected chi connectivity index (χ3v) is 3.97. The lowest BCUT2D eigenvalue weighted by Gasteiger charge is -2.37. The first-order valence-electron chi connectivity index (χ1n) is 6.57. The molecule has 2 nitrogen and oxygen atoms in total. The van der Waals surface area contributed by atoms with Crippen LogP contribution in [0.3, 0.4) is 0 Å². The molecule has 0 aliphatic carbocycles. The van der Waals surface area contributed by atoms with Crippen LogP contribution in [0.2, 0.25) is 5.02 Å². The van der Waals surface area contributed by atoms with Crippen molar-refractivity contribution in [1.82, 2.24) is 4.90 Å². The Morgan fingerprint density at radius 1 is 1.17 bits per heavy atom. The van der Waals surface area contributed by atoms with Crippen molar-refractivity contribution in [2.75, 3.05) is 7.05 Å². The minimum absolute atomic E-state index is 0.0645. The van der Waals surface area contributed by atoms with Crippen molar-refractivity contribution in [2.24, 2.45) is 11.7 Å². The molecular weight excluding hydrogens is 244 g/mol. The second kappa shape index (κ2) is 6.55. The van der Waals surface area contributed by atoms with Gasteiger partial charge < -0.3 is 5.73 Å². The lowest BCUT2D eigenvalue weighted by molar-refractivity contribution is 0.133. The van der Waals surface area contributed by atoms with Gasteiger partial charge in [-0.3, -0.25) is 4.90 Å². The summed E-state index contributed by atoms with van der Waals surface area (Å²) in [6.07, 6.45) is 0. The molecular formula is C15H25ClN2. The van der Waals surface area contributed by atoms with Crippen LogP contribution in [0.15, 0.2) is 24.3 Å². The Hall–Kier alpha value is -0.570. The highest BCUT2D eigenvalue weighted by Gasteiger charge is 2.26. The fourth-order valence-corrected chi connectivity index (χ4v) is 2.52. The van der Waals surface area contributed by atoms with Crippen molar-refractivity contribution >= 4 is 11.6 Å². The predicted octanol–water partition coefficient (Wildman–Crippen LogP) is 3.70. The van der Waals surface area contributed by atoms with Gasteiger partial charge in [-0.1, -0.05) is 37.6 Å². The maximum atomic E-state index is 6.17. The van der Waals surface area contributed by atoms with Gasteiger partial charge in [0.05, 0.1) is 0 Å². The Balaban J connectivity index is 3.03. The van der Waals surface area contributed by atoms with Crippen LogP contribution in [0.5, 0.6) is 0 Å². The van der Waals surface area contributed by atoms with Crippen molar-refractivity contribution in [2.45, 2.75) is 45.8 Å². The van der Waals surface area contributed by atoms with Gasteiger partial charge in [0, 0.05) is 23.1 Å². The van der Waals surface area contributed by atoms with E-state index in [0.717, 1.165) is 5.02 Å². The lowest BCUT2D eigenvalue weighted by atomic mass is 9.95. The maximum Gasteiger partial charge on any atom is 0.0496 e. The van der Waals surface area contributed by atoms with E-state index in [4.69, 9.17) is 17.3 Å². The van der Waals surface area contributed by atoms with Crippen LogP contribution >= 0.6 is 11.6 Å². The smallest absolute Gasteiger partial charge is 0.0496 e. The van der Waals surface area contributed by atoms with E-state index in [2.05, 4.69) is 45.7 Å². The van der Waals surface area contributed by atoms with Gasteiger partial charge in [-0.25, -0.2) is 0 Å². The summed E-state index contributed by atoms with van der Waals surface area (Å²) < 4.78 is 0. The Morgan fingerprint density at radius 2 is 1.78 bits per heavy atom. The second-order valence-electron chi connectivity index (χ2n) is 5.51. The summed E-state index contributed by atoms with van der Waals surface area (Å²) >= 11 is 6.08. The Kier molecular flexibility index (Phi) is 5.64. The molecule has 1 rings (SSSR count). The van der Waals surface area contributed by atoms with Gasteiger partial charge in [-0.2, -0.15) is 0 Å². The van der Waals surface area contributed by atoms with E-state index < -0.39 is 0 Å². The number of benzene rings is 1. The molecule has 1 aromatic rings. The average molecular weight is 269 g/mol. The molecule has 102 valence electrons. The zero-order valence-electron chi connectivity index (χ0n) is 12.0. The minimum atomic E-state index is 0.0645. The SMILES string of the molecule is CC(C)C(C)N(C)C(c1cccc(Cl)c1)C(C)N. The van der Waals surface area contributed by atoms with Gasteiger partial charge in [0.15, 0.2) is 0 Å². The van der Waals surface area contributed by atoms with E-state index in [9.17, 15) is 0 Å². The van der Waals surface area contributed by atoms with Gasteiger partial charge in [-0.15, -0.1) is 0 Å². The second-order valence-corrected chi connectivity index (χ2v) is 5.95. The molecule has 3 heteroatoms. The zero-order chi connectivity index (χ0) is 13.9. The first-order valence-corrected chi connectivity index (χ1v) is 6.95. The fraction of sp³-hybridized carbons (Fsp3) is 0.600. The molecule has 0 fully saturated rings. The number of hydrogen-bond donors (Lipinski definition) is 1. The fourth-order valence-electron chi connectivity index (χ4n) is 2.32. The van der Waals surface area contributed by atoms with E-state index in [1.165, 1.54) is 5.56 Å². The standard InChI is InChI=1S/C15H25ClN2/c1-10(2)12(4)18(5)15(11(3)17)13-7-6-8-14(16)9-13/h6-12,15H,17H2,1-5H3. The summed E-state index contributed by atoms with van der Waals surface area (Å²) in [6.45, 7) is 8.76. The lowest BCUT2D eigenvalue weighted by Crippen LogP contribution is -2.43. The molecule has 0 spiro atoms. The van der Waals surface area contributed by atoms with Crippen molar-refractivity contribution in [1.29, 1.82) is 0 Å². The third kappa shape index (κ3) is 3.71. The van der Waals surface area contributed by atoms with E-state index in [1.807, 2.05) is 18.2 Å². The predicted molar refractivity (Wildman–Crippen MR) is 79.9 cm³/mol. The minimum Gasteiger partial charge on any atom is -0.326 e. The van der Waals surface area contributed by atoms with Gasteiger partial charge in [-0.05, 0) is 44.5 Å². The molecule has 18 heavy (non-hydrogen) atoms. The Bertz CT molecular complexity index is 377. The van der Waals surface area contributed by atoms with Crippen molar-refractivity contribution in [3.05, 3.63) is 34.9 Å². The first-order chi connectivity index (χ1) is 8.34. The molecule has 0 aliphatic rings. The van der Waals surface area contributed by atoms with Crippen LogP contribution < -0.4 is 5.73 Å². The number of nitrogens with two attached hydrogens (primary N) is 1. The van der Waals surface area contributed by atoms with E-state index in [-0.39, 0.29) is 12.1 Å². The highest BCUT2D eigenvalue weighted by atomic mass is 35.5. The molecule has 1 aromatic carbocycles. The molecule has 0 aromatic heterocycles. The normalized spacial score (nSPS) is 16.9. The highest BCUT2D eigenvalue weighted by molar-refractivity contribution is 6.30. The summed E-state index contributed by atoms with van der Waals surface area (Å²) in [5, 5.41) is 0.767. The van der Waals surface area contributed by atoms with Gasteiger partial charge in [0.2, 0.25) is 0 Å². The number of nitrogens with zero attached hydrogens (tertiary/aromatic N) is 1. The Morgan fingerprint density at radius 3 is 2.22 bits per heavy atom. The van der Waals surface area contributed by atoms with Crippen LogP contribution in [0.4, 0.5) is 0 Å². The van der Waals surface area contributed by atoms with Crippen LogP contribution in [0.25, 0.3) is 0 Å². The number of halogens is 1. The molecule has 0 aliphatic heterocycles. The summed E-state index contributed by atoms with van der Waals surface area (Å²) in [7, 11) is 2.14. The van der Waals surface area contributed by atoms with E-state index in [1.54, 1.807) is 0 Å². The van der Waals surface area contributed by atoms with E-state index >= 15 is 0 Å². The number of likely N-dealkylation sites (N-methyl/N-ethyl adjacent to an activating group) is 1. The highest BCUT2D eigenvalue weighted by Crippen LogP contribution is 2.28. The molecule has 3 unspecified atom stereocenters. The molecule has 0 radical (unpaired) electrons. The summed E-state index contributed by atoms with van der Waals surface area (Å²) in [4.78, 5) is 2.35. The molecule has 0 saturated heterocycles. The van der Waals surface area contributed by atoms with Crippen LogP contribution in [0.1, 0.15) is 39.3 Å². The van der Waals surface area contributed by atoms with Crippen molar-refractivity contribution in [3.63, 3.8) is 0 Å². The molecule has 0 saturated carbocycles. The summed E-state index contributed by atoms with van der Waals surface area (Å²) in [5.41, 5.74) is 7.36. The molecule has 3 atom stereocenters. The van der Waals surface area contributed by atoms with Crippen LogP contribution in [-0.2, 0) is 0 Å². The van der Waals surface area contributed by atoms with E-state index in [0.29, 0.717) is 12.0 Å². The first kappa shape index (κ1) is 15.5. The monoisotopic (exact) mass is 268 g/mol. The van der Waals surface area contributed by atoms with Crippen molar-refractivity contribution < 1.29 is 0 Å². The van der Waals surface area contributed by atoms with Crippen LogP contribution in [0, 0.1) is 5.92 Å². The van der Waals surface area contributed by atoms with Gasteiger partial charge in [0.25, 0.3) is 0 Å². The number of rotatable bonds is 5. The Labute approximate surface area is 116 Å². The number of hydrogen-bond acceptors (Lipinski definition) is 2. The average Bonchev–Trinajstić information content (AvgIpc) is 2.27. The molecule has 0 heterocycles. The summed E-state index contributed by atoms with van der Waals surface area (Å²) in [5.74, 6) is 0.593. The largest absolute Gasteiger partial charge is 0.326 e.